The van der Waals surface area contributed by atoms with Crippen molar-refractivity contribution >= 4 is 11.8 Å². The first-order valence-corrected chi connectivity index (χ1v) is 10.2. The van der Waals surface area contributed by atoms with Crippen LogP contribution in [-0.2, 0) is 11.3 Å². The van der Waals surface area contributed by atoms with Crippen molar-refractivity contribution in [3.05, 3.63) is 53.7 Å². The van der Waals surface area contributed by atoms with E-state index < -0.39 is 0 Å². The predicted octanol–water partition coefficient (Wildman–Crippen LogP) is 3.21. The number of aromatic nitrogens is 1. The van der Waals surface area contributed by atoms with E-state index in [9.17, 15) is 9.59 Å². The highest BCUT2D eigenvalue weighted by Gasteiger charge is 2.46. The standard InChI is InChI=1S/C22H25N3O3/c26-18-12-22(14-25(18)13-16-4-2-1-3-5-16)8-10-24(11-9-22)21(27)19-20(17-6-7-17)28-15-23-19/h1-5,15,17H,6-14H2. The molecule has 6 heteroatoms. The summed E-state index contributed by atoms with van der Waals surface area (Å²) in [6, 6.07) is 10.1. The fourth-order valence-corrected chi connectivity index (χ4v) is 4.65. The van der Waals surface area contributed by atoms with Crippen LogP contribution in [0, 0.1) is 5.41 Å². The quantitative estimate of drug-likeness (QED) is 0.818. The molecular weight excluding hydrogens is 354 g/mol. The van der Waals surface area contributed by atoms with E-state index in [1.54, 1.807) is 0 Å². The Morgan fingerprint density at radius 3 is 2.64 bits per heavy atom. The van der Waals surface area contributed by atoms with Gasteiger partial charge in [0.2, 0.25) is 5.91 Å². The first kappa shape index (κ1) is 17.5. The van der Waals surface area contributed by atoms with E-state index in [2.05, 4.69) is 17.1 Å². The third kappa shape index (κ3) is 3.21. The van der Waals surface area contributed by atoms with Gasteiger partial charge in [-0.15, -0.1) is 0 Å². The minimum Gasteiger partial charge on any atom is -0.447 e. The van der Waals surface area contributed by atoms with Crippen LogP contribution in [0.4, 0.5) is 0 Å². The monoisotopic (exact) mass is 379 g/mol. The van der Waals surface area contributed by atoms with Crippen molar-refractivity contribution < 1.29 is 14.0 Å². The minimum atomic E-state index is -0.0176. The van der Waals surface area contributed by atoms with E-state index in [1.165, 1.54) is 12.0 Å². The smallest absolute Gasteiger partial charge is 0.276 e. The Labute approximate surface area is 164 Å². The molecule has 28 heavy (non-hydrogen) atoms. The number of oxazole rings is 1. The molecule has 0 N–H and O–H groups in total. The molecule has 0 bridgehead atoms. The van der Waals surface area contributed by atoms with Crippen LogP contribution in [0.5, 0.6) is 0 Å². The zero-order chi connectivity index (χ0) is 19.1. The normalized spacial score (nSPS) is 21.5. The van der Waals surface area contributed by atoms with Crippen molar-refractivity contribution in [3.63, 3.8) is 0 Å². The summed E-state index contributed by atoms with van der Waals surface area (Å²) in [6.07, 6.45) is 5.89. The lowest BCUT2D eigenvalue weighted by atomic mass is 9.77. The third-order valence-electron chi connectivity index (χ3n) is 6.48. The summed E-state index contributed by atoms with van der Waals surface area (Å²) in [5.41, 5.74) is 1.66. The van der Waals surface area contributed by atoms with Gasteiger partial charge in [0.1, 0.15) is 5.76 Å². The SMILES string of the molecule is O=C1CC2(CCN(C(=O)c3ncoc3C3CC3)CC2)CN1Cc1ccccc1. The van der Waals surface area contributed by atoms with Crippen LogP contribution in [0.25, 0.3) is 0 Å². The first-order valence-electron chi connectivity index (χ1n) is 10.2. The van der Waals surface area contributed by atoms with Crippen LogP contribution < -0.4 is 0 Å². The number of likely N-dealkylation sites (tertiary alicyclic amines) is 2. The molecule has 146 valence electrons. The maximum atomic E-state index is 12.9. The highest BCUT2D eigenvalue weighted by Crippen LogP contribution is 2.43. The van der Waals surface area contributed by atoms with E-state index >= 15 is 0 Å². The average Bonchev–Trinajstić information content (AvgIpc) is 3.36. The van der Waals surface area contributed by atoms with Gasteiger partial charge in [-0.05, 0) is 31.2 Å². The number of benzene rings is 1. The summed E-state index contributed by atoms with van der Waals surface area (Å²) >= 11 is 0. The molecule has 1 spiro atoms. The van der Waals surface area contributed by atoms with Crippen molar-refractivity contribution in [2.45, 2.75) is 44.6 Å². The average molecular weight is 379 g/mol. The molecule has 1 aliphatic carbocycles. The first-order chi connectivity index (χ1) is 13.6. The zero-order valence-corrected chi connectivity index (χ0v) is 16.0. The van der Waals surface area contributed by atoms with Gasteiger partial charge in [-0.3, -0.25) is 9.59 Å². The van der Waals surface area contributed by atoms with Crippen LogP contribution in [0.1, 0.15) is 59.8 Å². The minimum absolute atomic E-state index is 0.00574. The summed E-state index contributed by atoms with van der Waals surface area (Å²) in [6.45, 7) is 2.83. The summed E-state index contributed by atoms with van der Waals surface area (Å²) in [5, 5.41) is 0. The zero-order valence-electron chi connectivity index (χ0n) is 16.0. The molecule has 1 saturated carbocycles. The lowest BCUT2D eigenvalue weighted by Crippen LogP contribution is -2.44. The molecule has 5 rings (SSSR count). The van der Waals surface area contributed by atoms with E-state index in [1.807, 2.05) is 28.0 Å². The number of carbonyl (C=O) groups excluding carboxylic acids is 2. The predicted molar refractivity (Wildman–Crippen MR) is 103 cm³/mol. The number of rotatable bonds is 4. The van der Waals surface area contributed by atoms with Crippen molar-refractivity contribution in [1.82, 2.24) is 14.8 Å². The Morgan fingerprint density at radius 1 is 1.18 bits per heavy atom. The Hall–Kier alpha value is -2.63. The summed E-state index contributed by atoms with van der Waals surface area (Å²) in [4.78, 5) is 33.6. The van der Waals surface area contributed by atoms with Gasteiger partial charge in [0.25, 0.3) is 5.91 Å². The highest BCUT2D eigenvalue weighted by atomic mass is 16.3. The van der Waals surface area contributed by atoms with Gasteiger partial charge in [0.05, 0.1) is 0 Å². The maximum absolute atomic E-state index is 12.9. The van der Waals surface area contributed by atoms with Crippen LogP contribution in [0.15, 0.2) is 41.1 Å². The van der Waals surface area contributed by atoms with Gasteiger partial charge in [-0.1, -0.05) is 30.3 Å². The van der Waals surface area contributed by atoms with Crippen LogP contribution >= 0.6 is 0 Å². The van der Waals surface area contributed by atoms with Gasteiger partial charge in [-0.2, -0.15) is 0 Å². The van der Waals surface area contributed by atoms with E-state index in [4.69, 9.17) is 4.42 Å². The summed E-state index contributed by atoms with van der Waals surface area (Å²) in [5.74, 6) is 1.35. The second-order valence-electron chi connectivity index (χ2n) is 8.54. The fraction of sp³-hybridized carbons (Fsp3) is 0.500. The van der Waals surface area contributed by atoms with Gasteiger partial charge in [0, 0.05) is 43.9 Å². The topological polar surface area (TPSA) is 66.7 Å². The van der Waals surface area contributed by atoms with Crippen LogP contribution in [-0.4, -0.2) is 46.2 Å². The van der Waals surface area contributed by atoms with Crippen LogP contribution in [0.3, 0.4) is 0 Å². The van der Waals surface area contributed by atoms with Crippen molar-refractivity contribution in [3.8, 4) is 0 Å². The molecule has 3 heterocycles. The van der Waals surface area contributed by atoms with Gasteiger partial charge in [0.15, 0.2) is 12.1 Å². The van der Waals surface area contributed by atoms with Crippen molar-refractivity contribution in [2.24, 2.45) is 5.41 Å². The van der Waals surface area contributed by atoms with Crippen molar-refractivity contribution in [2.75, 3.05) is 19.6 Å². The fourth-order valence-electron chi connectivity index (χ4n) is 4.65. The highest BCUT2D eigenvalue weighted by molar-refractivity contribution is 5.93. The molecule has 0 unspecified atom stereocenters. The number of nitrogens with zero attached hydrogens (tertiary/aromatic N) is 3. The lowest BCUT2D eigenvalue weighted by Gasteiger charge is -2.38. The molecule has 1 aromatic carbocycles. The Balaban J connectivity index is 1.22. The molecular formula is C22H25N3O3. The van der Waals surface area contributed by atoms with Crippen LogP contribution in [0.2, 0.25) is 0 Å². The van der Waals surface area contributed by atoms with Gasteiger partial charge >= 0.3 is 0 Å². The molecule has 0 radical (unpaired) electrons. The second-order valence-corrected chi connectivity index (χ2v) is 8.54. The Bertz CT molecular complexity index is 879. The molecule has 2 aromatic rings. The number of carbonyl (C=O) groups is 2. The molecule has 2 amide bonds. The van der Waals surface area contributed by atoms with Gasteiger partial charge in [-0.25, -0.2) is 4.98 Å². The van der Waals surface area contributed by atoms with E-state index in [-0.39, 0.29) is 17.2 Å². The molecule has 2 saturated heterocycles. The third-order valence-corrected chi connectivity index (χ3v) is 6.48. The molecule has 2 aliphatic heterocycles. The summed E-state index contributed by atoms with van der Waals surface area (Å²) < 4.78 is 5.47. The van der Waals surface area contributed by atoms with E-state index in [0.29, 0.717) is 37.7 Å². The maximum Gasteiger partial charge on any atom is 0.276 e. The lowest BCUT2D eigenvalue weighted by molar-refractivity contribution is -0.128. The Kier molecular flexibility index (Phi) is 4.22. The molecule has 0 atom stereocenters. The second kappa shape index (κ2) is 6.76. The molecule has 1 aromatic heterocycles. The largest absolute Gasteiger partial charge is 0.447 e. The Morgan fingerprint density at radius 2 is 1.93 bits per heavy atom. The van der Waals surface area contributed by atoms with Gasteiger partial charge < -0.3 is 14.2 Å². The van der Waals surface area contributed by atoms with E-state index in [0.717, 1.165) is 38.0 Å². The molecule has 3 aliphatic rings. The number of piperidine rings is 1. The molecule has 6 nitrogen and oxygen atoms in total. The number of hydrogen-bond acceptors (Lipinski definition) is 4. The summed E-state index contributed by atoms with van der Waals surface area (Å²) in [7, 11) is 0. The number of amides is 2. The van der Waals surface area contributed by atoms with Crippen molar-refractivity contribution in [1.29, 1.82) is 0 Å². The molecule has 3 fully saturated rings. The number of hydrogen-bond donors (Lipinski definition) is 0.